The summed E-state index contributed by atoms with van der Waals surface area (Å²) in [5.74, 6) is -1.04. The van der Waals surface area contributed by atoms with E-state index in [4.69, 9.17) is 0 Å². The van der Waals surface area contributed by atoms with Crippen LogP contribution < -0.4 is 5.32 Å². The minimum absolute atomic E-state index is 0.0352. The van der Waals surface area contributed by atoms with E-state index in [-0.39, 0.29) is 23.3 Å². The first kappa shape index (κ1) is 17.6. The number of amides is 2. The zero-order valence-electron chi connectivity index (χ0n) is 13.5. The number of nitrogens with zero attached hydrogens (tertiary/aromatic N) is 1. The van der Waals surface area contributed by atoms with E-state index in [2.05, 4.69) is 21.2 Å². The quantitative estimate of drug-likeness (QED) is 0.837. The molecular weight excluding hydrogens is 387 g/mol. The second-order valence-corrected chi connectivity index (χ2v) is 6.96. The number of likely N-dealkylation sites (tertiary alicyclic amines) is 1. The molecule has 6 heteroatoms. The number of anilines is 1. The van der Waals surface area contributed by atoms with Crippen molar-refractivity contribution in [2.45, 2.75) is 12.8 Å². The zero-order valence-corrected chi connectivity index (χ0v) is 15.1. The van der Waals surface area contributed by atoms with Crippen molar-refractivity contribution in [3.8, 4) is 0 Å². The Morgan fingerprint density at radius 3 is 2.44 bits per heavy atom. The van der Waals surface area contributed by atoms with Gasteiger partial charge in [-0.1, -0.05) is 34.1 Å². The summed E-state index contributed by atoms with van der Waals surface area (Å²) in [6.45, 7) is 0.884. The molecule has 0 radical (unpaired) electrons. The molecule has 2 amide bonds. The van der Waals surface area contributed by atoms with Crippen molar-refractivity contribution in [2.24, 2.45) is 5.92 Å². The molecule has 4 nitrogen and oxygen atoms in total. The summed E-state index contributed by atoms with van der Waals surface area (Å²) in [6.07, 6.45) is 1.14. The van der Waals surface area contributed by atoms with Crippen LogP contribution in [0.2, 0.25) is 0 Å². The number of hydrogen-bond acceptors (Lipinski definition) is 2. The molecule has 3 rings (SSSR count). The van der Waals surface area contributed by atoms with Gasteiger partial charge in [0.2, 0.25) is 5.91 Å². The molecular formula is C19H18BrFN2O2. The summed E-state index contributed by atoms with van der Waals surface area (Å²) in [4.78, 5) is 26.4. The lowest BCUT2D eigenvalue weighted by Crippen LogP contribution is -2.41. The van der Waals surface area contributed by atoms with Gasteiger partial charge in [-0.15, -0.1) is 0 Å². The van der Waals surface area contributed by atoms with E-state index in [1.54, 1.807) is 11.0 Å². The minimum Gasteiger partial charge on any atom is -0.339 e. The Balaban J connectivity index is 1.59. The van der Waals surface area contributed by atoms with Crippen LogP contribution in [0.25, 0.3) is 0 Å². The first-order valence-electron chi connectivity index (χ1n) is 8.15. The fourth-order valence-electron chi connectivity index (χ4n) is 2.94. The summed E-state index contributed by atoms with van der Waals surface area (Å²) in [7, 11) is 0. The smallest absolute Gasteiger partial charge is 0.256 e. The number of halogens is 2. The number of rotatable bonds is 3. The summed E-state index contributed by atoms with van der Waals surface area (Å²) in [5.41, 5.74) is 0.823. The van der Waals surface area contributed by atoms with Gasteiger partial charge < -0.3 is 10.2 Å². The predicted molar refractivity (Wildman–Crippen MR) is 97.8 cm³/mol. The third-order valence-corrected chi connectivity index (χ3v) is 4.85. The van der Waals surface area contributed by atoms with Gasteiger partial charge in [0.1, 0.15) is 5.82 Å². The molecule has 0 saturated carbocycles. The average Bonchev–Trinajstić information content (AvgIpc) is 2.64. The number of piperidine rings is 1. The third kappa shape index (κ3) is 4.25. The Labute approximate surface area is 154 Å². The van der Waals surface area contributed by atoms with Crippen LogP contribution in [-0.4, -0.2) is 29.8 Å². The van der Waals surface area contributed by atoms with Crippen LogP contribution in [-0.2, 0) is 4.79 Å². The molecule has 2 aromatic rings. The molecule has 0 bridgehead atoms. The van der Waals surface area contributed by atoms with E-state index in [9.17, 15) is 14.0 Å². The van der Waals surface area contributed by atoms with Crippen LogP contribution in [0.5, 0.6) is 0 Å². The van der Waals surface area contributed by atoms with Crippen molar-refractivity contribution in [3.05, 3.63) is 64.4 Å². The maximum Gasteiger partial charge on any atom is 0.256 e. The van der Waals surface area contributed by atoms with Crippen LogP contribution in [0.3, 0.4) is 0 Å². The number of carbonyl (C=O) groups is 2. The van der Waals surface area contributed by atoms with Crippen LogP contribution in [0.4, 0.5) is 10.1 Å². The highest BCUT2D eigenvalue weighted by Gasteiger charge is 2.29. The number of carbonyl (C=O) groups excluding carboxylic acids is 2. The van der Waals surface area contributed by atoms with Crippen molar-refractivity contribution in [3.63, 3.8) is 0 Å². The number of nitrogens with one attached hydrogen (secondary N) is 1. The lowest BCUT2D eigenvalue weighted by molar-refractivity contribution is -0.121. The van der Waals surface area contributed by atoms with E-state index in [1.165, 1.54) is 12.1 Å². The molecule has 0 unspecified atom stereocenters. The molecule has 1 aliphatic rings. The highest BCUT2D eigenvalue weighted by atomic mass is 79.9. The topological polar surface area (TPSA) is 49.4 Å². The fourth-order valence-corrected chi connectivity index (χ4v) is 3.30. The molecule has 1 saturated heterocycles. The number of hydrogen-bond donors (Lipinski definition) is 1. The minimum atomic E-state index is -0.530. The molecule has 1 aliphatic heterocycles. The lowest BCUT2D eigenvalue weighted by Gasteiger charge is -2.31. The molecule has 1 fully saturated rings. The molecule has 2 aromatic carbocycles. The van der Waals surface area contributed by atoms with E-state index in [1.807, 2.05) is 30.3 Å². The molecule has 1 N–H and O–H groups in total. The molecule has 130 valence electrons. The summed E-state index contributed by atoms with van der Waals surface area (Å²) in [6, 6.07) is 13.6. The van der Waals surface area contributed by atoms with E-state index in [0.717, 1.165) is 5.69 Å². The van der Waals surface area contributed by atoms with Crippen LogP contribution in [0.1, 0.15) is 23.2 Å². The standard InChI is InChI=1S/C19H18BrFN2O2/c20-14-6-7-17(21)16(12-14)19(25)23-10-8-13(9-11-23)18(24)22-15-4-2-1-3-5-15/h1-7,12-13H,8-11H2,(H,22,24). The Morgan fingerprint density at radius 1 is 1.08 bits per heavy atom. The van der Waals surface area contributed by atoms with E-state index >= 15 is 0 Å². The van der Waals surface area contributed by atoms with Gasteiger partial charge in [-0.2, -0.15) is 0 Å². The molecule has 25 heavy (non-hydrogen) atoms. The van der Waals surface area contributed by atoms with Crippen molar-refractivity contribution in [1.29, 1.82) is 0 Å². The Morgan fingerprint density at radius 2 is 1.76 bits per heavy atom. The Hall–Kier alpha value is -2.21. The normalized spacial score (nSPS) is 15.0. The average molecular weight is 405 g/mol. The van der Waals surface area contributed by atoms with E-state index < -0.39 is 5.82 Å². The molecule has 1 heterocycles. The van der Waals surface area contributed by atoms with Gasteiger partial charge in [-0.25, -0.2) is 4.39 Å². The maximum atomic E-state index is 13.9. The number of para-hydroxylation sites is 1. The summed E-state index contributed by atoms with van der Waals surface area (Å²) in [5, 5.41) is 2.90. The highest BCUT2D eigenvalue weighted by molar-refractivity contribution is 9.10. The van der Waals surface area contributed by atoms with Crippen LogP contribution >= 0.6 is 15.9 Å². The van der Waals surface area contributed by atoms with Gasteiger partial charge in [-0.3, -0.25) is 9.59 Å². The largest absolute Gasteiger partial charge is 0.339 e. The molecule has 0 aliphatic carbocycles. The lowest BCUT2D eigenvalue weighted by atomic mass is 9.95. The first-order chi connectivity index (χ1) is 12.0. The van der Waals surface area contributed by atoms with E-state index in [0.29, 0.717) is 30.4 Å². The second kappa shape index (κ2) is 7.78. The van der Waals surface area contributed by atoms with Gasteiger partial charge in [0, 0.05) is 29.2 Å². The molecule has 0 spiro atoms. The van der Waals surface area contributed by atoms with Crippen molar-refractivity contribution in [1.82, 2.24) is 4.90 Å². The fraction of sp³-hybridized carbons (Fsp3) is 0.263. The van der Waals surface area contributed by atoms with Gasteiger partial charge in [0.05, 0.1) is 5.56 Å². The summed E-state index contributed by atoms with van der Waals surface area (Å²) >= 11 is 3.26. The summed E-state index contributed by atoms with van der Waals surface area (Å²) < 4.78 is 14.6. The van der Waals surface area contributed by atoms with Crippen molar-refractivity contribution in [2.75, 3.05) is 18.4 Å². The Bertz CT molecular complexity index is 774. The van der Waals surface area contributed by atoms with Gasteiger partial charge in [-0.05, 0) is 43.2 Å². The van der Waals surface area contributed by atoms with Gasteiger partial charge in [0.15, 0.2) is 0 Å². The van der Waals surface area contributed by atoms with Gasteiger partial charge >= 0.3 is 0 Å². The monoisotopic (exact) mass is 404 g/mol. The second-order valence-electron chi connectivity index (χ2n) is 6.05. The van der Waals surface area contributed by atoms with Gasteiger partial charge in [0.25, 0.3) is 5.91 Å². The van der Waals surface area contributed by atoms with Crippen LogP contribution in [0, 0.1) is 11.7 Å². The van der Waals surface area contributed by atoms with Crippen molar-refractivity contribution >= 4 is 33.4 Å². The maximum absolute atomic E-state index is 13.9. The Kier molecular flexibility index (Phi) is 5.48. The number of benzene rings is 2. The van der Waals surface area contributed by atoms with Crippen molar-refractivity contribution < 1.29 is 14.0 Å². The third-order valence-electron chi connectivity index (χ3n) is 4.35. The molecule has 0 aromatic heterocycles. The molecule has 0 atom stereocenters. The SMILES string of the molecule is O=C(Nc1ccccc1)C1CCN(C(=O)c2cc(Br)ccc2F)CC1. The predicted octanol–water partition coefficient (Wildman–Crippen LogP) is 4.08. The van der Waals surface area contributed by atoms with Crippen LogP contribution in [0.15, 0.2) is 53.0 Å². The first-order valence-corrected chi connectivity index (χ1v) is 8.94. The zero-order chi connectivity index (χ0) is 17.8. The highest BCUT2D eigenvalue weighted by Crippen LogP contribution is 2.23.